The van der Waals surface area contributed by atoms with Gasteiger partial charge in [0, 0.05) is 36.4 Å². The van der Waals surface area contributed by atoms with Gasteiger partial charge >= 0.3 is 0 Å². The van der Waals surface area contributed by atoms with Gasteiger partial charge in [0.1, 0.15) is 23.4 Å². The van der Waals surface area contributed by atoms with Crippen LogP contribution in [0.25, 0.3) is 10.9 Å². The standard InChI is InChI=1S/C22H20F2N4O2/c1-13-17-5-3-4-6-19(17)26-20(25-13)12-27(2)21(29)18-7-8-28(22(18)30)16-10-14(23)9-15(24)11-16/h3-6,9-11,18H,7-8,12H2,1-2H3. The first kappa shape index (κ1) is 19.9. The van der Waals surface area contributed by atoms with Gasteiger partial charge in [-0.05, 0) is 31.5 Å². The number of amides is 2. The molecule has 1 saturated heterocycles. The van der Waals surface area contributed by atoms with Crippen LogP contribution in [0.2, 0.25) is 0 Å². The van der Waals surface area contributed by atoms with E-state index in [0.29, 0.717) is 5.82 Å². The topological polar surface area (TPSA) is 66.4 Å². The molecule has 1 fully saturated rings. The van der Waals surface area contributed by atoms with E-state index < -0.39 is 23.5 Å². The number of hydrogen-bond acceptors (Lipinski definition) is 4. The lowest BCUT2D eigenvalue weighted by Crippen LogP contribution is -2.38. The van der Waals surface area contributed by atoms with E-state index in [4.69, 9.17) is 0 Å². The first-order valence-corrected chi connectivity index (χ1v) is 9.58. The number of para-hydroxylation sites is 1. The Kier molecular flexibility index (Phi) is 5.15. The van der Waals surface area contributed by atoms with Crippen LogP contribution in [0.5, 0.6) is 0 Å². The Hall–Kier alpha value is -3.42. The molecule has 154 valence electrons. The highest BCUT2D eigenvalue weighted by atomic mass is 19.1. The number of anilines is 1. The Labute approximate surface area is 172 Å². The Morgan fingerprint density at radius 2 is 1.87 bits per heavy atom. The molecule has 2 aromatic carbocycles. The summed E-state index contributed by atoms with van der Waals surface area (Å²) in [5, 5.41) is 0.944. The number of benzene rings is 2. The fraction of sp³-hybridized carbons (Fsp3) is 0.273. The molecule has 1 atom stereocenters. The summed E-state index contributed by atoms with van der Waals surface area (Å²) < 4.78 is 27.0. The fourth-order valence-corrected chi connectivity index (χ4v) is 3.78. The molecule has 2 heterocycles. The van der Waals surface area contributed by atoms with Crippen molar-refractivity contribution in [3.05, 3.63) is 65.6 Å². The third kappa shape index (κ3) is 3.72. The van der Waals surface area contributed by atoms with Gasteiger partial charge in [0.2, 0.25) is 11.8 Å². The second-order valence-electron chi connectivity index (χ2n) is 7.40. The molecule has 8 heteroatoms. The summed E-state index contributed by atoms with van der Waals surface area (Å²) in [5.74, 6) is -2.79. The Morgan fingerprint density at radius 3 is 2.60 bits per heavy atom. The van der Waals surface area contributed by atoms with Gasteiger partial charge in [0.05, 0.1) is 12.1 Å². The maximum Gasteiger partial charge on any atom is 0.239 e. The summed E-state index contributed by atoms with van der Waals surface area (Å²) >= 11 is 0. The maximum atomic E-state index is 13.5. The van der Waals surface area contributed by atoms with E-state index in [9.17, 15) is 18.4 Å². The van der Waals surface area contributed by atoms with Gasteiger partial charge < -0.3 is 9.80 Å². The van der Waals surface area contributed by atoms with Crippen LogP contribution in [0.3, 0.4) is 0 Å². The Morgan fingerprint density at radius 1 is 1.17 bits per heavy atom. The lowest BCUT2D eigenvalue weighted by Gasteiger charge is -2.21. The van der Waals surface area contributed by atoms with Crippen molar-refractivity contribution >= 4 is 28.4 Å². The number of nitrogens with zero attached hydrogens (tertiary/aromatic N) is 4. The average Bonchev–Trinajstić information content (AvgIpc) is 3.08. The van der Waals surface area contributed by atoms with Gasteiger partial charge in [0.15, 0.2) is 0 Å². The predicted molar refractivity (Wildman–Crippen MR) is 108 cm³/mol. The molecule has 4 rings (SSSR count). The molecular weight excluding hydrogens is 390 g/mol. The first-order chi connectivity index (χ1) is 14.3. The number of fused-ring (bicyclic) bond motifs is 1. The van der Waals surface area contributed by atoms with Gasteiger partial charge in [-0.25, -0.2) is 18.7 Å². The average molecular weight is 410 g/mol. The molecule has 0 spiro atoms. The number of aromatic nitrogens is 2. The van der Waals surface area contributed by atoms with Crippen LogP contribution in [0.1, 0.15) is 17.9 Å². The third-order valence-corrected chi connectivity index (χ3v) is 5.26. The lowest BCUT2D eigenvalue weighted by atomic mass is 10.1. The highest BCUT2D eigenvalue weighted by molar-refractivity contribution is 6.09. The minimum Gasteiger partial charge on any atom is -0.338 e. The number of carbonyl (C=O) groups is 2. The van der Waals surface area contributed by atoms with Crippen molar-refractivity contribution in [1.29, 1.82) is 0 Å². The summed E-state index contributed by atoms with van der Waals surface area (Å²) in [6.07, 6.45) is 0.276. The van der Waals surface area contributed by atoms with E-state index in [1.807, 2.05) is 31.2 Å². The van der Waals surface area contributed by atoms with Crippen molar-refractivity contribution in [1.82, 2.24) is 14.9 Å². The molecule has 3 aromatic rings. The molecule has 0 bridgehead atoms. The van der Waals surface area contributed by atoms with Crippen LogP contribution in [0, 0.1) is 24.5 Å². The minimum atomic E-state index is -0.900. The zero-order valence-corrected chi connectivity index (χ0v) is 16.6. The van der Waals surface area contributed by atoms with Crippen LogP contribution in [0.4, 0.5) is 14.5 Å². The largest absolute Gasteiger partial charge is 0.338 e. The van der Waals surface area contributed by atoms with E-state index >= 15 is 0 Å². The van der Waals surface area contributed by atoms with Crippen molar-refractivity contribution < 1.29 is 18.4 Å². The molecule has 2 amide bonds. The highest BCUT2D eigenvalue weighted by Crippen LogP contribution is 2.28. The molecular formula is C22H20F2N4O2. The van der Waals surface area contributed by atoms with Crippen LogP contribution >= 0.6 is 0 Å². The molecule has 6 nitrogen and oxygen atoms in total. The van der Waals surface area contributed by atoms with Crippen molar-refractivity contribution in [2.45, 2.75) is 19.9 Å². The van der Waals surface area contributed by atoms with Crippen molar-refractivity contribution in [3.63, 3.8) is 0 Å². The SMILES string of the molecule is Cc1nc(CN(C)C(=O)C2CCN(c3cc(F)cc(F)c3)C2=O)nc2ccccc12. The van der Waals surface area contributed by atoms with Gasteiger partial charge in [-0.2, -0.15) is 0 Å². The number of halogens is 2. The second-order valence-corrected chi connectivity index (χ2v) is 7.40. The van der Waals surface area contributed by atoms with Gasteiger partial charge in [-0.1, -0.05) is 18.2 Å². The maximum absolute atomic E-state index is 13.5. The van der Waals surface area contributed by atoms with Crippen molar-refractivity contribution in [2.75, 3.05) is 18.5 Å². The Balaban J connectivity index is 1.50. The van der Waals surface area contributed by atoms with Crippen LogP contribution < -0.4 is 4.90 Å². The smallest absolute Gasteiger partial charge is 0.239 e. The molecule has 1 aliphatic rings. The first-order valence-electron chi connectivity index (χ1n) is 9.58. The van der Waals surface area contributed by atoms with E-state index in [2.05, 4.69) is 9.97 Å². The van der Waals surface area contributed by atoms with Gasteiger partial charge in [-0.15, -0.1) is 0 Å². The van der Waals surface area contributed by atoms with Crippen LogP contribution in [0.15, 0.2) is 42.5 Å². The van der Waals surface area contributed by atoms with Crippen LogP contribution in [-0.4, -0.2) is 40.3 Å². The number of carbonyl (C=O) groups excluding carboxylic acids is 2. The summed E-state index contributed by atoms with van der Waals surface area (Å²) in [5.41, 5.74) is 1.72. The summed E-state index contributed by atoms with van der Waals surface area (Å²) in [4.78, 5) is 37.3. The zero-order valence-electron chi connectivity index (χ0n) is 16.6. The van der Waals surface area contributed by atoms with Gasteiger partial charge in [-0.3, -0.25) is 9.59 Å². The normalized spacial score (nSPS) is 16.3. The monoisotopic (exact) mass is 410 g/mol. The van der Waals surface area contributed by atoms with E-state index in [0.717, 1.165) is 34.8 Å². The van der Waals surface area contributed by atoms with E-state index in [1.165, 1.54) is 9.80 Å². The predicted octanol–water partition coefficient (Wildman–Crippen LogP) is 3.23. The van der Waals surface area contributed by atoms with Crippen molar-refractivity contribution in [3.8, 4) is 0 Å². The summed E-state index contributed by atoms with van der Waals surface area (Å²) in [7, 11) is 1.59. The summed E-state index contributed by atoms with van der Waals surface area (Å²) in [6, 6.07) is 10.5. The second kappa shape index (κ2) is 7.78. The minimum absolute atomic E-state index is 0.115. The number of hydrogen-bond donors (Lipinski definition) is 0. The summed E-state index contributed by atoms with van der Waals surface area (Å²) in [6.45, 7) is 2.26. The molecule has 1 aliphatic heterocycles. The number of aryl methyl sites for hydroxylation is 1. The van der Waals surface area contributed by atoms with E-state index in [-0.39, 0.29) is 31.1 Å². The molecule has 0 radical (unpaired) electrons. The molecule has 30 heavy (non-hydrogen) atoms. The molecule has 0 saturated carbocycles. The third-order valence-electron chi connectivity index (χ3n) is 5.26. The molecule has 1 unspecified atom stereocenters. The number of rotatable bonds is 4. The van der Waals surface area contributed by atoms with E-state index in [1.54, 1.807) is 7.05 Å². The fourth-order valence-electron chi connectivity index (χ4n) is 3.78. The van der Waals surface area contributed by atoms with Gasteiger partial charge in [0.25, 0.3) is 0 Å². The quantitative estimate of drug-likeness (QED) is 0.620. The zero-order chi connectivity index (χ0) is 21.4. The highest BCUT2D eigenvalue weighted by Gasteiger charge is 2.39. The lowest BCUT2D eigenvalue weighted by molar-refractivity contribution is -0.139. The Bertz CT molecular complexity index is 1130. The molecule has 0 aliphatic carbocycles. The molecule has 0 N–H and O–H groups in total. The van der Waals surface area contributed by atoms with Crippen molar-refractivity contribution in [2.24, 2.45) is 5.92 Å². The van der Waals surface area contributed by atoms with Crippen LogP contribution in [-0.2, 0) is 16.1 Å². The molecule has 1 aromatic heterocycles.